The molecule has 0 spiro atoms. The third-order valence-corrected chi connectivity index (χ3v) is 2.81. The summed E-state index contributed by atoms with van der Waals surface area (Å²) in [5, 5.41) is 0. The Morgan fingerprint density at radius 3 is 2.38 bits per heavy atom. The van der Waals surface area contributed by atoms with E-state index in [0.29, 0.717) is 0 Å². The van der Waals surface area contributed by atoms with Gasteiger partial charge in [-0.15, -0.1) is 0 Å². The van der Waals surface area contributed by atoms with E-state index < -0.39 is 0 Å². The summed E-state index contributed by atoms with van der Waals surface area (Å²) in [4.78, 5) is 4.46. The fourth-order valence-electron chi connectivity index (χ4n) is 1.46. The fraction of sp³-hybridized carbons (Fsp3) is 0. The van der Waals surface area contributed by atoms with Crippen LogP contribution in [0.25, 0.3) is 23.5 Å². The van der Waals surface area contributed by atoms with Gasteiger partial charge in [-0.05, 0) is 18.2 Å². The van der Waals surface area contributed by atoms with Gasteiger partial charge in [-0.3, -0.25) is 0 Å². The Balaban J connectivity index is 2.48. The molecule has 1 heterocycles. The van der Waals surface area contributed by atoms with Crippen molar-refractivity contribution in [1.29, 1.82) is 0 Å². The minimum atomic E-state index is 0.799. The smallest absolute Gasteiger partial charge is 0.136 e. The molecule has 0 amide bonds. The van der Waals surface area contributed by atoms with Crippen molar-refractivity contribution in [1.82, 2.24) is 9.55 Å². The molecule has 0 unspecified atom stereocenters. The van der Waals surface area contributed by atoms with Gasteiger partial charge in [-0.25, -0.2) is 4.98 Å². The van der Waals surface area contributed by atoms with E-state index in [1.165, 1.54) is 0 Å². The van der Waals surface area contributed by atoms with Crippen LogP contribution in [0.2, 0.25) is 0 Å². The second kappa shape index (κ2) is 4.49. The highest BCUT2D eigenvalue weighted by Crippen LogP contribution is 2.21. The van der Waals surface area contributed by atoms with Gasteiger partial charge in [-0.2, -0.15) is 0 Å². The monoisotopic (exact) mass is 274 g/mol. The Morgan fingerprint density at radius 1 is 1.19 bits per heavy atom. The van der Waals surface area contributed by atoms with Crippen LogP contribution in [0.3, 0.4) is 0 Å². The first-order valence-corrected chi connectivity index (χ1v) is 5.63. The van der Waals surface area contributed by atoms with Crippen molar-refractivity contribution in [3.63, 3.8) is 0 Å². The van der Waals surface area contributed by atoms with Crippen molar-refractivity contribution in [2.75, 3.05) is 0 Å². The highest BCUT2D eigenvalue weighted by atomic mass is 79.9. The summed E-state index contributed by atoms with van der Waals surface area (Å²) >= 11 is 3.41. The van der Waals surface area contributed by atoms with Gasteiger partial charge < -0.3 is 4.57 Å². The molecule has 0 radical (unpaired) electrons. The molecular weight excluding hydrogens is 264 g/mol. The Kier molecular flexibility index (Phi) is 3.06. The third kappa shape index (κ3) is 1.99. The second-order valence-electron chi connectivity index (χ2n) is 3.29. The van der Waals surface area contributed by atoms with E-state index in [4.69, 9.17) is 0 Å². The van der Waals surface area contributed by atoms with E-state index >= 15 is 0 Å². The van der Waals surface area contributed by atoms with E-state index in [1.807, 2.05) is 35.0 Å². The van der Waals surface area contributed by atoms with Crippen molar-refractivity contribution in [2.45, 2.75) is 0 Å². The van der Waals surface area contributed by atoms with Crippen molar-refractivity contribution in [3.05, 3.63) is 53.9 Å². The van der Waals surface area contributed by atoms with Crippen LogP contribution in [0.5, 0.6) is 0 Å². The lowest BCUT2D eigenvalue weighted by Gasteiger charge is -1.95. The van der Waals surface area contributed by atoms with Crippen LogP contribution in [-0.4, -0.2) is 9.55 Å². The number of imidazole rings is 1. The molecule has 2 nitrogen and oxygen atoms in total. The van der Waals surface area contributed by atoms with Crippen molar-refractivity contribution in [3.8, 4) is 11.3 Å². The molecule has 0 saturated carbocycles. The Morgan fingerprint density at radius 2 is 1.88 bits per heavy atom. The largest absolute Gasteiger partial charge is 0.307 e. The van der Waals surface area contributed by atoms with E-state index in [0.717, 1.165) is 21.6 Å². The van der Waals surface area contributed by atoms with E-state index in [2.05, 4.69) is 34.1 Å². The summed E-state index contributed by atoms with van der Waals surface area (Å²) in [5.74, 6) is 0.799. The van der Waals surface area contributed by atoms with Crippen molar-refractivity contribution in [2.24, 2.45) is 0 Å². The van der Waals surface area contributed by atoms with E-state index in [9.17, 15) is 0 Å². The third-order valence-electron chi connectivity index (χ3n) is 2.28. The number of nitrogens with zero attached hydrogens (tertiary/aromatic N) is 2. The lowest BCUT2D eigenvalue weighted by molar-refractivity contribution is 1.11. The quantitative estimate of drug-likeness (QED) is 0.826. The minimum absolute atomic E-state index is 0.799. The first-order chi connectivity index (χ1) is 7.74. The maximum absolute atomic E-state index is 4.46. The zero-order valence-corrected chi connectivity index (χ0v) is 10.3. The number of rotatable bonds is 3. The molecular formula is C13H11BrN2. The van der Waals surface area contributed by atoms with Crippen LogP contribution < -0.4 is 0 Å². The zero-order valence-electron chi connectivity index (χ0n) is 8.73. The maximum atomic E-state index is 4.46. The number of hydrogen-bond donors (Lipinski definition) is 0. The molecule has 1 aromatic heterocycles. The average Bonchev–Trinajstić information content (AvgIpc) is 2.73. The molecule has 80 valence electrons. The summed E-state index contributed by atoms with van der Waals surface area (Å²) in [6.45, 7) is 7.45. The molecule has 0 saturated heterocycles. The molecule has 2 rings (SSSR count). The minimum Gasteiger partial charge on any atom is -0.307 e. The molecule has 16 heavy (non-hydrogen) atoms. The summed E-state index contributed by atoms with van der Waals surface area (Å²) in [6, 6.07) is 8.03. The first-order valence-electron chi connectivity index (χ1n) is 4.84. The average molecular weight is 275 g/mol. The molecule has 1 aromatic carbocycles. The van der Waals surface area contributed by atoms with Crippen LogP contribution in [0.4, 0.5) is 0 Å². The SMILES string of the molecule is C=Cc1nc(-c2ccc(Br)cc2)cn1C=C. The first kappa shape index (κ1) is 10.9. The molecule has 0 aliphatic heterocycles. The summed E-state index contributed by atoms with van der Waals surface area (Å²) in [6.07, 6.45) is 5.36. The zero-order chi connectivity index (χ0) is 11.5. The highest BCUT2D eigenvalue weighted by molar-refractivity contribution is 9.10. The van der Waals surface area contributed by atoms with Crippen molar-refractivity contribution < 1.29 is 0 Å². The molecule has 0 N–H and O–H groups in total. The second-order valence-corrected chi connectivity index (χ2v) is 4.20. The number of aromatic nitrogens is 2. The number of halogens is 1. The number of benzene rings is 1. The fourth-order valence-corrected chi connectivity index (χ4v) is 1.73. The van der Waals surface area contributed by atoms with Gasteiger partial charge >= 0.3 is 0 Å². The standard InChI is InChI=1S/C13H11BrN2/c1-3-13-15-12(9-16(13)4-2)10-5-7-11(14)8-6-10/h3-9H,1-2H2. The summed E-state index contributed by atoms with van der Waals surface area (Å²) in [5.41, 5.74) is 1.99. The molecule has 0 atom stereocenters. The predicted octanol–water partition coefficient (Wildman–Crippen LogP) is 4.06. The Bertz CT molecular complexity index is 498. The number of hydrogen-bond acceptors (Lipinski definition) is 1. The van der Waals surface area contributed by atoms with Gasteiger partial charge in [0.05, 0.1) is 5.69 Å². The lowest BCUT2D eigenvalue weighted by Crippen LogP contribution is -1.85. The predicted molar refractivity (Wildman–Crippen MR) is 71.8 cm³/mol. The van der Waals surface area contributed by atoms with Gasteiger partial charge in [0.15, 0.2) is 0 Å². The lowest BCUT2D eigenvalue weighted by atomic mass is 10.2. The van der Waals surface area contributed by atoms with Crippen LogP contribution in [-0.2, 0) is 0 Å². The van der Waals surface area contributed by atoms with E-state index in [1.54, 1.807) is 12.3 Å². The molecule has 0 bridgehead atoms. The van der Waals surface area contributed by atoms with Gasteiger partial charge in [0, 0.05) is 22.4 Å². The van der Waals surface area contributed by atoms with Gasteiger partial charge in [0.25, 0.3) is 0 Å². The van der Waals surface area contributed by atoms with Crippen LogP contribution in [0, 0.1) is 0 Å². The van der Waals surface area contributed by atoms with Crippen LogP contribution in [0.1, 0.15) is 5.82 Å². The Hall–Kier alpha value is -1.61. The summed E-state index contributed by atoms with van der Waals surface area (Å²) < 4.78 is 2.91. The molecule has 0 fully saturated rings. The molecule has 0 aliphatic carbocycles. The topological polar surface area (TPSA) is 17.8 Å². The highest BCUT2D eigenvalue weighted by Gasteiger charge is 2.05. The van der Waals surface area contributed by atoms with Crippen molar-refractivity contribution >= 4 is 28.2 Å². The molecule has 0 aliphatic rings. The normalized spacial score (nSPS) is 10.1. The van der Waals surface area contributed by atoms with E-state index in [-0.39, 0.29) is 0 Å². The Labute approximate surface area is 103 Å². The van der Waals surface area contributed by atoms with Crippen LogP contribution >= 0.6 is 15.9 Å². The van der Waals surface area contributed by atoms with Crippen LogP contribution in [0.15, 0.2) is 48.1 Å². The van der Waals surface area contributed by atoms with Gasteiger partial charge in [0.1, 0.15) is 5.82 Å². The summed E-state index contributed by atoms with van der Waals surface area (Å²) in [7, 11) is 0. The molecule has 3 heteroatoms. The molecule has 2 aromatic rings. The maximum Gasteiger partial charge on any atom is 0.136 e. The van der Waals surface area contributed by atoms with Gasteiger partial charge in [-0.1, -0.05) is 41.2 Å². The van der Waals surface area contributed by atoms with Gasteiger partial charge in [0.2, 0.25) is 0 Å².